The van der Waals surface area contributed by atoms with Crippen LogP contribution in [-0.2, 0) is 26.2 Å². The Balaban J connectivity index is 1.67. The lowest BCUT2D eigenvalue weighted by atomic mass is 9.95. The quantitative estimate of drug-likeness (QED) is 0.217. The number of nitrogens with zero attached hydrogens (tertiary/aromatic N) is 3. The predicted octanol–water partition coefficient (Wildman–Crippen LogP) is 5.42. The SMILES string of the molecule is CC(C(=O)NC1CCCCC1)N(Cc1ccc(Br)cc1)C(=O)CN(c1ccc([N+](=O)[O-])cc1)S(=O)(=O)c1ccccc1. The van der Waals surface area contributed by atoms with Crippen LogP contribution in [0.2, 0.25) is 0 Å². The van der Waals surface area contributed by atoms with Crippen molar-refractivity contribution in [3.8, 4) is 0 Å². The van der Waals surface area contributed by atoms with Crippen LogP contribution in [0.5, 0.6) is 0 Å². The number of anilines is 1. The molecule has 3 aromatic rings. The molecule has 0 aromatic heterocycles. The molecule has 4 rings (SSSR count). The fraction of sp³-hybridized carbons (Fsp3) is 0.333. The predicted molar refractivity (Wildman–Crippen MR) is 163 cm³/mol. The minimum absolute atomic E-state index is 0.0356. The first-order chi connectivity index (χ1) is 20.1. The fourth-order valence-corrected chi connectivity index (χ4v) is 6.63. The molecule has 1 aliphatic carbocycles. The summed E-state index contributed by atoms with van der Waals surface area (Å²) in [6.07, 6.45) is 4.94. The average molecular weight is 658 g/mol. The summed E-state index contributed by atoms with van der Waals surface area (Å²) in [5, 5.41) is 14.3. The van der Waals surface area contributed by atoms with Gasteiger partial charge < -0.3 is 10.2 Å². The highest BCUT2D eigenvalue weighted by Gasteiger charge is 2.33. The van der Waals surface area contributed by atoms with Crippen LogP contribution < -0.4 is 9.62 Å². The molecule has 0 heterocycles. The summed E-state index contributed by atoms with van der Waals surface area (Å²) < 4.78 is 29.4. The molecule has 1 fully saturated rings. The van der Waals surface area contributed by atoms with Crippen LogP contribution in [-0.4, -0.2) is 48.7 Å². The second-order valence-corrected chi connectivity index (χ2v) is 13.0. The lowest BCUT2D eigenvalue weighted by Gasteiger charge is -2.33. The van der Waals surface area contributed by atoms with E-state index >= 15 is 0 Å². The minimum Gasteiger partial charge on any atom is -0.352 e. The molecule has 1 unspecified atom stereocenters. The number of non-ortho nitro benzene ring substituents is 1. The first-order valence-electron chi connectivity index (χ1n) is 13.7. The number of benzene rings is 3. The van der Waals surface area contributed by atoms with Crippen LogP contribution in [0.15, 0.2) is 88.2 Å². The van der Waals surface area contributed by atoms with E-state index in [-0.39, 0.29) is 34.8 Å². The van der Waals surface area contributed by atoms with E-state index in [4.69, 9.17) is 0 Å². The number of carbonyl (C=O) groups is 2. The van der Waals surface area contributed by atoms with Gasteiger partial charge in [-0.1, -0.05) is 65.5 Å². The van der Waals surface area contributed by atoms with Crippen molar-refractivity contribution in [3.63, 3.8) is 0 Å². The van der Waals surface area contributed by atoms with Gasteiger partial charge in [0.1, 0.15) is 12.6 Å². The zero-order valence-electron chi connectivity index (χ0n) is 23.2. The van der Waals surface area contributed by atoms with E-state index in [9.17, 15) is 28.1 Å². The molecule has 0 bridgehead atoms. The Hall–Kier alpha value is -3.77. The van der Waals surface area contributed by atoms with Crippen molar-refractivity contribution in [2.24, 2.45) is 0 Å². The molecule has 3 aromatic carbocycles. The number of sulfonamides is 1. The third-order valence-electron chi connectivity index (χ3n) is 7.34. The summed E-state index contributed by atoms with van der Waals surface area (Å²) in [5.74, 6) is -0.901. The number of halogens is 1. The molecule has 12 heteroatoms. The summed E-state index contributed by atoms with van der Waals surface area (Å²) >= 11 is 3.40. The van der Waals surface area contributed by atoms with Crippen LogP contribution in [0.1, 0.15) is 44.6 Å². The van der Waals surface area contributed by atoms with Crippen molar-refractivity contribution in [2.75, 3.05) is 10.8 Å². The molecule has 10 nitrogen and oxygen atoms in total. The summed E-state index contributed by atoms with van der Waals surface area (Å²) in [5.41, 5.74) is 0.629. The summed E-state index contributed by atoms with van der Waals surface area (Å²) in [6, 6.07) is 19.1. The summed E-state index contributed by atoms with van der Waals surface area (Å²) in [4.78, 5) is 39.3. The van der Waals surface area contributed by atoms with Crippen molar-refractivity contribution in [3.05, 3.63) is 99.0 Å². The van der Waals surface area contributed by atoms with E-state index in [1.807, 2.05) is 24.3 Å². The van der Waals surface area contributed by atoms with Gasteiger partial charge in [-0.05, 0) is 61.7 Å². The molecule has 2 amide bonds. The Morgan fingerprint density at radius 2 is 1.60 bits per heavy atom. The second-order valence-electron chi connectivity index (χ2n) is 10.3. The second kappa shape index (κ2) is 13.9. The van der Waals surface area contributed by atoms with E-state index in [2.05, 4.69) is 21.2 Å². The van der Waals surface area contributed by atoms with Crippen molar-refractivity contribution < 1.29 is 22.9 Å². The highest BCUT2D eigenvalue weighted by atomic mass is 79.9. The van der Waals surface area contributed by atoms with Gasteiger partial charge in [-0.25, -0.2) is 8.42 Å². The molecule has 0 radical (unpaired) electrons. The third-order valence-corrected chi connectivity index (χ3v) is 9.66. The van der Waals surface area contributed by atoms with E-state index in [1.54, 1.807) is 25.1 Å². The van der Waals surface area contributed by atoms with E-state index < -0.39 is 33.4 Å². The van der Waals surface area contributed by atoms with Gasteiger partial charge in [-0.15, -0.1) is 0 Å². The molecule has 1 saturated carbocycles. The van der Waals surface area contributed by atoms with Gasteiger partial charge in [0.15, 0.2) is 0 Å². The van der Waals surface area contributed by atoms with Crippen molar-refractivity contribution in [1.29, 1.82) is 0 Å². The molecule has 222 valence electrons. The zero-order chi connectivity index (χ0) is 30.3. The van der Waals surface area contributed by atoms with Crippen LogP contribution in [0, 0.1) is 10.1 Å². The van der Waals surface area contributed by atoms with Gasteiger partial charge in [0.2, 0.25) is 11.8 Å². The molecule has 0 saturated heterocycles. The van der Waals surface area contributed by atoms with Crippen LogP contribution in [0.4, 0.5) is 11.4 Å². The Morgan fingerprint density at radius 3 is 2.19 bits per heavy atom. The number of nitro benzene ring substituents is 1. The number of amides is 2. The van der Waals surface area contributed by atoms with Gasteiger partial charge in [0.25, 0.3) is 15.7 Å². The van der Waals surface area contributed by atoms with Crippen LogP contribution in [0.25, 0.3) is 0 Å². The molecule has 1 N–H and O–H groups in total. The number of hydrogen-bond donors (Lipinski definition) is 1. The first kappa shape index (κ1) is 31.2. The first-order valence-corrected chi connectivity index (χ1v) is 16.0. The van der Waals surface area contributed by atoms with Gasteiger partial charge in [0.05, 0.1) is 15.5 Å². The highest BCUT2D eigenvalue weighted by Crippen LogP contribution is 2.27. The van der Waals surface area contributed by atoms with E-state index in [0.717, 1.165) is 46.4 Å². The Kier molecular flexibility index (Phi) is 10.3. The summed E-state index contributed by atoms with van der Waals surface area (Å²) in [6.45, 7) is 1.09. The lowest BCUT2D eigenvalue weighted by Crippen LogP contribution is -2.53. The Bertz CT molecular complexity index is 1500. The van der Waals surface area contributed by atoms with E-state index in [0.29, 0.717) is 0 Å². The molecule has 1 atom stereocenters. The molecule has 0 aliphatic heterocycles. The van der Waals surface area contributed by atoms with E-state index in [1.165, 1.54) is 41.3 Å². The molecule has 0 spiro atoms. The average Bonchev–Trinajstić information content (AvgIpc) is 3.00. The van der Waals surface area contributed by atoms with Crippen molar-refractivity contribution in [1.82, 2.24) is 10.2 Å². The smallest absolute Gasteiger partial charge is 0.269 e. The maximum absolute atomic E-state index is 14.0. The minimum atomic E-state index is -4.25. The largest absolute Gasteiger partial charge is 0.352 e. The van der Waals surface area contributed by atoms with Gasteiger partial charge in [-0.3, -0.25) is 24.0 Å². The monoisotopic (exact) mass is 656 g/mol. The van der Waals surface area contributed by atoms with Gasteiger partial charge >= 0.3 is 0 Å². The Labute approximate surface area is 254 Å². The van der Waals surface area contributed by atoms with Gasteiger partial charge in [0, 0.05) is 29.2 Å². The van der Waals surface area contributed by atoms with Crippen molar-refractivity contribution in [2.45, 2.75) is 62.6 Å². The topological polar surface area (TPSA) is 130 Å². The standard InChI is InChI=1S/C30H33BrN4O6S/c1-22(30(37)32-25-8-4-2-5-9-25)33(20-23-12-14-24(31)15-13-23)29(36)21-34(26-16-18-27(19-17-26)35(38)39)42(40,41)28-10-6-3-7-11-28/h3,6-7,10-19,22,25H,2,4-5,8-9,20-21H2,1H3,(H,32,37). The fourth-order valence-electron chi connectivity index (χ4n) is 4.93. The number of carbonyl (C=O) groups excluding carboxylic acids is 2. The number of nitrogens with one attached hydrogen (secondary N) is 1. The number of nitro groups is 1. The number of rotatable bonds is 11. The van der Waals surface area contributed by atoms with Crippen LogP contribution >= 0.6 is 15.9 Å². The molecular weight excluding hydrogens is 624 g/mol. The molecule has 42 heavy (non-hydrogen) atoms. The van der Waals surface area contributed by atoms with Crippen LogP contribution in [0.3, 0.4) is 0 Å². The third kappa shape index (κ3) is 7.74. The van der Waals surface area contributed by atoms with Crippen molar-refractivity contribution >= 4 is 49.1 Å². The molecule has 1 aliphatic rings. The maximum Gasteiger partial charge on any atom is 0.269 e. The molecular formula is C30H33BrN4O6S. The van der Waals surface area contributed by atoms with Gasteiger partial charge in [-0.2, -0.15) is 0 Å². The zero-order valence-corrected chi connectivity index (χ0v) is 25.6. The lowest BCUT2D eigenvalue weighted by molar-refractivity contribution is -0.384. The normalized spacial score (nSPS) is 14.5. The maximum atomic E-state index is 14.0. The highest BCUT2D eigenvalue weighted by molar-refractivity contribution is 9.10. The number of hydrogen-bond acceptors (Lipinski definition) is 6. The Morgan fingerprint density at radius 1 is 0.976 bits per heavy atom. The summed E-state index contributed by atoms with van der Waals surface area (Å²) in [7, 11) is -4.25.